The van der Waals surface area contributed by atoms with Crippen LogP contribution in [0.4, 0.5) is 0 Å². The van der Waals surface area contributed by atoms with Crippen LogP contribution in [0.25, 0.3) is 5.57 Å². The maximum Gasteiger partial charge on any atom is 0.303 e. The fraction of sp³-hybridized carbons (Fsp3) is 0.348. The Labute approximate surface area is 165 Å². The van der Waals surface area contributed by atoms with E-state index >= 15 is 0 Å². The molecular formula is C23H25ClO3. The Kier molecular flexibility index (Phi) is 6.22. The molecule has 0 amide bonds. The number of carboxylic acids is 1. The molecule has 0 saturated heterocycles. The summed E-state index contributed by atoms with van der Waals surface area (Å²) in [5, 5.41) is 9.65. The van der Waals surface area contributed by atoms with Gasteiger partial charge in [-0.15, -0.1) is 0 Å². The Morgan fingerprint density at radius 2 is 1.96 bits per heavy atom. The van der Waals surface area contributed by atoms with Crippen molar-refractivity contribution >= 4 is 23.1 Å². The smallest absolute Gasteiger partial charge is 0.303 e. The molecule has 0 bridgehead atoms. The number of halogens is 1. The Morgan fingerprint density at radius 1 is 1.15 bits per heavy atom. The van der Waals surface area contributed by atoms with E-state index in [0.717, 1.165) is 46.7 Å². The van der Waals surface area contributed by atoms with E-state index in [1.165, 1.54) is 16.7 Å². The zero-order valence-corrected chi connectivity index (χ0v) is 16.6. The highest BCUT2D eigenvalue weighted by molar-refractivity contribution is 6.30. The lowest BCUT2D eigenvalue weighted by atomic mass is 9.99. The molecule has 27 heavy (non-hydrogen) atoms. The summed E-state index contributed by atoms with van der Waals surface area (Å²) in [4.78, 5) is 10.8. The molecule has 0 heterocycles. The standard InChI is InChI=1S/C23H25ClO3/c1-15-16(2)22(11-9-17(15)10-12-23(25)26)27-14-19-6-4-8-21(19)18-5-3-7-20(24)13-18/h3,5,7,9,11,13H,4,6,8,10,12,14H2,1-2H3,(H,25,26). The average Bonchev–Trinajstić information content (AvgIpc) is 3.10. The summed E-state index contributed by atoms with van der Waals surface area (Å²) in [6, 6.07) is 12.0. The first-order valence-corrected chi connectivity index (χ1v) is 9.74. The fourth-order valence-corrected chi connectivity index (χ4v) is 3.87. The molecule has 0 unspecified atom stereocenters. The summed E-state index contributed by atoms with van der Waals surface area (Å²) in [7, 11) is 0. The Morgan fingerprint density at radius 3 is 2.70 bits per heavy atom. The number of aliphatic carboxylic acids is 1. The van der Waals surface area contributed by atoms with Crippen LogP contribution >= 0.6 is 11.6 Å². The number of carbonyl (C=O) groups is 1. The molecule has 0 atom stereocenters. The summed E-state index contributed by atoms with van der Waals surface area (Å²) >= 11 is 6.15. The van der Waals surface area contributed by atoms with Gasteiger partial charge >= 0.3 is 5.97 Å². The van der Waals surface area contributed by atoms with Crippen molar-refractivity contribution in [2.24, 2.45) is 0 Å². The van der Waals surface area contributed by atoms with E-state index in [2.05, 4.69) is 6.07 Å². The zero-order valence-electron chi connectivity index (χ0n) is 15.8. The molecule has 2 aromatic rings. The van der Waals surface area contributed by atoms with Gasteiger partial charge in [-0.05, 0) is 91.1 Å². The van der Waals surface area contributed by atoms with Crippen molar-refractivity contribution in [3.8, 4) is 5.75 Å². The summed E-state index contributed by atoms with van der Waals surface area (Å²) in [5.74, 6) is 0.102. The highest BCUT2D eigenvalue weighted by Gasteiger charge is 2.17. The Balaban J connectivity index is 1.75. The topological polar surface area (TPSA) is 46.5 Å². The largest absolute Gasteiger partial charge is 0.489 e. The summed E-state index contributed by atoms with van der Waals surface area (Å²) in [5.41, 5.74) is 7.15. The van der Waals surface area contributed by atoms with Gasteiger partial charge < -0.3 is 9.84 Å². The van der Waals surface area contributed by atoms with Crippen molar-refractivity contribution < 1.29 is 14.6 Å². The normalized spacial score (nSPS) is 13.9. The van der Waals surface area contributed by atoms with Crippen LogP contribution in [-0.4, -0.2) is 17.7 Å². The molecule has 2 aromatic carbocycles. The minimum Gasteiger partial charge on any atom is -0.489 e. The summed E-state index contributed by atoms with van der Waals surface area (Å²) < 4.78 is 6.16. The Hall–Kier alpha value is -2.26. The first-order chi connectivity index (χ1) is 13.0. The van der Waals surface area contributed by atoms with Gasteiger partial charge in [-0.1, -0.05) is 29.8 Å². The lowest BCUT2D eigenvalue weighted by molar-refractivity contribution is -0.136. The molecule has 0 aromatic heterocycles. The number of hydrogen-bond donors (Lipinski definition) is 1. The number of allylic oxidation sites excluding steroid dienone is 1. The summed E-state index contributed by atoms with van der Waals surface area (Å²) in [6.07, 6.45) is 3.96. The molecule has 142 valence electrons. The third-order valence-corrected chi connectivity index (χ3v) is 5.60. The third kappa shape index (κ3) is 4.72. The zero-order chi connectivity index (χ0) is 19.4. The highest BCUT2D eigenvalue weighted by Crippen LogP contribution is 2.35. The predicted molar refractivity (Wildman–Crippen MR) is 110 cm³/mol. The minimum atomic E-state index is -0.769. The third-order valence-electron chi connectivity index (χ3n) is 5.36. The second-order valence-electron chi connectivity index (χ2n) is 7.10. The van der Waals surface area contributed by atoms with Crippen molar-refractivity contribution in [1.82, 2.24) is 0 Å². The minimum absolute atomic E-state index is 0.149. The van der Waals surface area contributed by atoms with Gasteiger partial charge in [0.15, 0.2) is 0 Å². The van der Waals surface area contributed by atoms with E-state index in [1.54, 1.807) is 0 Å². The van der Waals surface area contributed by atoms with Gasteiger partial charge in [0.2, 0.25) is 0 Å². The molecular weight excluding hydrogens is 360 g/mol. The number of aryl methyl sites for hydroxylation is 1. The van der Waals surface area contributed by atoms with Crippen LogP contribution in [0.5, 0.6) is 5.75 Å². The second kappa shape index (κ2) is 8.62. The van der Waals surface area contributed by atoms with E-state index in [1.807, 2.05) is 44.2 Å². The second-order valence-corrected chi connectivity index (χ2v) is 7.54. The molecule has 1 aliphatic rings. The Bertz CT molecular complexity index is 883. The van der Waals surface area contributed by atoms with E-state index in [0.29, 0.717) is 13.0 Å². The first kappa shape index (κ1) is 19.5. The van der Waals surface area contributed by atoms with Crippen molar-refractivity contribution in [1.29, 1.82) is 0 Å². The SMILES string of the molecule is Cc1c(CCC(=O)O)ccc(OCC2=C(c3cccc(Cl)c3)CCC2)c1C. The molecule has 3 rings (SSSR count). The number of hydrogen-bond acceptors (Lipinski definition) is 2. The quantitative estimate of drug-likeness (QED) is 0.637. The van der Waals surface area contributed by atoms with Crippen LogP contribution in [0.2, 0.25) is 5.02 Å². The van der Waals surface area contributed by atoms with Crippen molar-refractivity contribution in [3.63, 3.8) is 0 Å². The summed E-state index contributed by atoms with van der Waals surface area (Å²) in [6.45, 7) is 4.65. The number of rotatable bonds is 7. The van der Waals surface area contributed by atoms with Crippen LogP contribution in [-0.2, 0) is 11.2 Å². The first-order valence-electron chi connectivity index (χ1n) is 9.36. The molecule has 0 fully saturated rings. The molecule has 4 heteroatoms. The maximum atomic E-state index is 10.8. The van der Waals surface area contributed by atoms with Crippen LogP contribution in [0.1, 0.15) is 47.9 Å². The van der Waals surface area contributed by atoms with Crippen LogP contribution in [0, 0.1) is 13.8 Å². The van der Waals surface area contributed by atoms with Crippen LogP contribution < -0.4 is 4.74 Å². The van der Waals surface area contributed by atoms with E-state index in [-0.39, 0.29) is 6.42 Å². The lowest BCUT2D eigenvalue weighted by Gasteiger charge is -2.15. The predicted octanol–water partition coefficient (Wildman–Crippen LogP) is 5.99. The molecule has 0 spiro atoms. The fourth-order valence-electron chi connectivity index (χ4n) is 3.68. The molecule has 0 saturated carbocycles. The molecule has 0 radical (unpaired) electrons. The molecule has 1 aliphatic carbocycles. The van der Waals surface area contributed by atoms with Gasteiger partial charge in [0.25, 0.3) is 0 Å². The molecule has 3 nitrogen and oxygen atoms in total. The van der Waals surface area contributed by atoms with Gasteiger partial charge in [-0.25, -0.2) is 0 Å². The van der Waals surface area contributed by atoms with Crippen LogP contribution in [0.3, 0.4) is 0 Å². The van der Waals surface area contributed by atoms with Gasteiger partial charge in [-0.3, -0.25) is 4.79 Å². The van der Waals surface area contributed by atoms with Crippen LogP contribution in [0.15, 0.2) is 42.0 Å². The van der Waals surface area contributed by atoms with Gasteiger partial charge in [0, 0.05) is 11.4 Å². The van der Waals surface area contributed by atoms with Crippen molar-refractivity contribution in [2.75, 3.05) is 6.61 Å². The van der Waals surface area contributed by atoms with Gasteiger partial charge in [-0.2, -0.15) is 0 Å². The van der Waals surface area contributed by atoms with E-state index < -0.39 is 5.97 Å². The van der Waals surface area contributed by atoms with Crippen molar-refractivity contribution in [2.45, 2.75) is 46.0 Å². The maximum absolute atomic E-state index is 10.8. The molecule has 0 aliphatic heterocycles. The van der Waals surface area contributed by atoms with E-state index in [4.69, 9.17) is 21.4 Å². The average molecular weight is 385 g/mol. The number of carboxylic acid groups (broad SMARTS) is 1. The molecule has 1 N–H and O–H groups in total. The van der Waals surface area contributed by atoms with Crippen molar-refractivity contribution in [3.05, 3.63) is 69.2 Å². The van der Waals surface area contributed by atoms with E-state index in [9.17, 15) is 4.79 Å². The monoisotopic (exact) mass is 384 g/mol. The number of ether oxygens (including phenoxy) is 1. The highest BCUT2D eigenvalue weighted by atomic mass is 35.5. The lowest BCUT2D eigenvalue weighted by Crippen LogP contribution is -2.05. The van der Waals surface area contributed by atoms with Gasteiger partial charge in [0.1, 0.15) is 12.4 Å². The number of benzene rings is 2. The van der Waals surface area contributed by atoms with Gasteiger partial charge in [0.05, 0.1) is 0 Å².